The van der Waals surface area contributed by atoms with Gasteiger partial charge in [-0.1, -0.05) is 18.2 Å². The monoisotopic (exact) mass is 235 g/mol. The Morgan fingerprint density at radius 2 is 2.12 bits per heavy atom. The van der Waals surface area contributed by atoms with Crippen LogP contribution in [0.2, 0.25) is 0 Å². The van der Waals surface area contributed by atoms with Crippen LogP contribution in [0.1, 0.15) is 18.6 Å². The first-order valence-electron chi connectivity index (χ1n) is 4.97. The molecular formula is C11H13N3OS. The first-order chi connectivity index (χ1) is 7.68. The van der Waals surface area contributed by atoms with Crippen LogP contribution < -0.4 is 0 Å². The number of nitrogens with zero attached hydrogens (tertiary/aromatic N) is 3. The molecule has 4 nitrogen and oxygen atoms in total. The van der Waals surface area contributed by atoms with Crippen LogP contribution in [0, 0.1) is 0 Å². The maximum absolute atomic E-state index is 9.65. The van der Waals surface area contributed by atoms with Gasteiger partial charge in [0, 0.05) is 11.9 Å². The van der Waals surface area contributed by atoms with Gasteiger partial charge in [0.25, 0.3) is 0 Å². The molecule has 2 rings (SSSR count). The number of aromatic nitrogens is 3. The summed E-state index contributed by atoms with van der Waals surface area (Å²) in [7, 11) is 1.90. The van der Waals surface area contributed by atoms with Gasteiger partial charge < -0.3 is 9.67 Å². The summed E-state index contributed by atoms with van der Waals surface area (Å²) >= 11 is 1.51. The zero-order valence-corrected chi connectivity index (χ0v) is 9.98. The summed E-state index contributed by atoms with van der Waals surface area (Å²) in [5, 5.41) is 18.3. The molecule has 1 unspecified atom stereocenters. The van der Waals surface area contributed by atoms with Crippen LogP contribution in [-0.2, 0) is 7.05 Å². The van der Waals surface area contributed by atoms with Gasteiger partial charge in [-0.25, -0.2) is 0 Å². The number of aryl methyl sites for hydroxylation is 1. The maximum atomic E-state index is 9.65. The minimum Gasteiger partial charge on any atom is -0.389 e. The highest BCUT2D eigenvalue weighted by Gasteiger charge is 2.10. The van der Waals surface area contributed by atoms with E-state index in [-0.39, 0.29) is 0 Å². The predicted molar refractivity (Wildman–Crippen MR) is 62.2 cm³/mol. The van der Waals surface area contributed by atoms with Crippen LogP contribution in [0.15, 0.2) is 40.6 Å². The lowest BCUT2D eigenvalue weighted by atomic mass is 10.1. The molecule has 0 bridgehead atoms. The Hall–Kier alpha value is -1.33. The van der Waals surface area contributed by atoms with Gasteiger partial charge in [-0.15, -0.1) is 10.2 Å². The van der Waals surface area contributed by atoms with Gasteiger partial charge in [0.1, 0.15) is 6.33 Å². The van der Waals surface area contributed by atoms with Crippen molar-refractivity contribution in [3.05, 3.63) is 36.2 Å². The normalized spacial score (nSPS) is 12.7. The average Bonchev–Trinajstić information content (AvgIpc) is 2.65. The largest absolute Gasteiger partial charge is 0.389 e. The number of hydrogen-bond acceptors (Lipinski definition) is 4. The average molecular weight is 235 g/mol. The Kier molecular flexibility index (Phi) is 3.26. The van der Waals surface area contributed by atoms with Crippen LogP contribution in [0.5, 0.6) is 0 Å². The lowest BCUT2D eigenvalue weighted by Crippen LogP contribution is -1.95. The van der Waals surface area contributed by atoms with E-state index in [0.29, 0.717) is 0 Å². The van der Waals surface area contributed by atoms with Crippen LogP contribution in [0.3, 0.4) is 0 Å². The van der Waals surface area contributed by atoms with Crippen molar-refractivity contribution in [3.63, 3.8) is 0 Å². The van der Waals surface area contributed by atoms with Crippen LogP contribution >= 0.6 is 11.8 Å². The summed E-state index contributed by atoms with van der Waals surface area (Å²) in [6, 6.07) is 7.76. The minimum absolute atomic E-state index is 0.475. The van der Waals surface area contributed by atoms with Gasteiger partial charge in [-0.3, -0.25) is 0 Å². The van der Waals surface area contributed by atoms with E-state index in [9.17, 15) is 5.11 Å². The highest BCUT2D eigenvalue weighted by Crippen LogP contribution is 2.31. The molecule has 1 N–H and O–H groups in total. The number of aliphatic hydroxyl groups is 1. The SMILES string of the molecule is CC(O)c1ccccc1Sc1nncn1C. The molecule has 1 atom stereocenters. The molecule has 0 saturated heterocycles. The Labute approximate surface area is 98.3 Å². The molecule has 84 valence electrons. The van der Waals surface area contributed by atoms with Crippen molar-refractivity contribution in [1.82, 2.24) is 14.8 Å². The summed E-state index contributed by atoms with van der Waals surface area (Å²) in [6.07, 6.45) is 1.18. The fourth-order valence-corrected chi connectivity index (χ4v) is 2.36. The molecule has 1 aromatic carbocycles. The van der Waals surface area contributed by atoms with E-state index in [1.807, 2.05) is 35.9 Å². The molecule has 0 aliphatic rings. The van der Waals surface area contributed by atoms with E-state index >= 15 is 0 Å². The second kappa shape index (κ2) is 4.67. The van der Waals surface area contributed by atoms with Gasteiger partial charge in [0.15, 0.2) is 5.16 Å². The second-order valence-corrected chi connectivity index (χ2v) is 4.55. The summed E-state index contributed by atoms with van der Waals surface area (Å²) in [6.45, 7) is 1.76. The topological polar surface area (TPSA) is 50.9 Å². The van der Waals surface area contributed by atoms with E-state index in [2.05, 4.69) is 10.2 Å². The molecule has 1 heterocycles. The molecule has 2 aromatic rings. The van der Waals surface area contributed by atoms with Crippen molar-refractivity contribution in [2.75, 3.05) is 0 Å². The van der Waals surface area contributed by atoms with Crippen molar-refractivity contribution >= 4 is 11.8 Å². The molecule has 0 aliphatic carbocycles. The number of aliphatic hydroxyl groups excluding tert-OH is 1. The molecule has 0 saturated carbocycles. The Morgan fingerprint density at radius 1 is 1.38 bits per heavy atom. The van der Waals surface area contributed by atoms with Crippen LogP contribution in [0.25, 0.3) is 0 Å². The van der Waals surface area contributed by atoms with Crippen LogP contribution in [-0.4, -0.2) is 19.9 Å². The standard InChI is InChI=1S/C11H13N3OS/c1-8(15)9-5-3-4-6-10(9)16-11-13-12-7-14(11)2/h3-8,15H,1-2H3. The molecule has 1 aromatic heterocycles. The number of rotatable bonds is 3. The maximum Gasteiger partial charge on any atom is 0.195 e. The lowest BCUT2D eigenvalue weighted by Gasteiger charge is -2.10. The first-order valence-corrected chi connectivity index (χ1v) is 5.79. The molecule has 16 heavy (non-hydrogen) atoms. The van der Waals surface area contributed by atoms with E-state index in [1.54, 1.807) is 13.3 Å². The summed E-state index contributed by atoms with van der Waals surface area (Å²) in [4.78, 5) is 1.01. The van der Waals surface area contributed by atoms with Crippen molar-refractivity contribution < 1.29 is 5.11 Å². The molecule has 0 radical (unpaired) electrons. The smallest absolute Gasteiger partial charge is 0.195 e. The molecule has 0 spiro atoms. The molecule has 0 aliphatic heterocycles. The quantitative estimate of drug-likeness (QED) is 0.884. The van der Waals surface area contributed by atoms with Gasteiger partial charge in [0.2, 0.25) is 0 Å². The van der Waals surface area contributed by atoms with E-state index < -0.39 is 6.10 Å². The molecule has 5 heteroatoms. The molecule has 0 amide bonds. The van der Waals surface area contributed by atoms with Crippen LogP contribution in [0.4, 0.5) is 0 Å². The molecular weight excluding hydrogens is 222 g/mol. The summed E-state index contributed by atoms with van der Waals surface area (Å²) in [5.41, 5.74) is 0.913. The van der Waals surface area contributed by atoms with E-state index in [1.165, 1.54) is 11.8 Å². The van der Waals surface area contributed by atoms with Crippen molar-refractivity contribution in [3.8, 4) is 0 Å². The highest BCUT2D eigenvalue weighted by molar-refractivity contribution is 7.99. The van der Waals surface area contributed by atoms with Gasteiger partial charge in [-0.2, -0.15) is 0 Å². The summed E-state index contributed by atoms with van der Waals surface area (Å²) in [5.74, 6) is 0. The lowest BCUT2D eigenvalue weighted by molar-refractivity contribution is 0.196. The Morgan fingerprint density at radius 3 is 2.75 bits per heavy atom. The zero-order chi connectivity index (χ0) is 11.5. The Bertz CT molecular complexity index is 482. The molecule has 0 fully saturated rings. The zero-order valence-electron chi connectivity index (χ0n) is 9.16. The fraction of sp³-hybridized carbons (Fsp3) is 0.273. The van der Waals surface area contributed by atoms with Gasteiger partial charge >= 0.3 is 0 Å². The van der Waals surface area contributed by atoms with Crippen molar-refractivity contribution in [1.29, 1.82) is 0 Å². The third kappa shape index (κ3) is 2.25. The number of benzene rings is 1. The van der Waals surface area contributed by atoms with E-state index in [0.717, 1.165) is 15.6 Å². The van der Waals surface area contributed by atoms with Crippen molar-refractivity contribution in [2.45, 2.75) is 23.1 Å². The van der Waals surface area contributed by atoms with Gasteiger partial charge in [-0.05, 0) is 30.3 Å². The Balaban J connectivity index is 2.31. The second-order valence-electron chi connectivity index (χ2n) is 3.54. The van der Waals surface area contributed by atoms with E-state index in [4.69, 9.17) is 0 Å². The van der Waals surface area contributed by atoms with Gasteiger partial charge in [0.05, 0.1) is 6.10 Å². The third-order valence-corrected chi connectivity index (χ3v) is 3.38. The third-order valence-electron chi connectivity index (χ3n) is 2.24. The predicted octanol–water partition coefficient (Wildman–Crippen LogP) is 2.02. The highest BCUT2D eigenvalue weighted by atomic mass is 32.2. The minimum atomic E-state index is -0.475. The first kappa shape index (κ1) is 11.2. The summed E-state index contributed by atoms with van der Waals surface area (Å²) < 4.78 is 1.85. The van der Waals surface area contributed by atoms with Crippen molar-refractivity contribution in [2.24, 2.45) is 7.05 Å². The fourth-order valence-electron chi connectivity index (χ4n) is 1.38. The number of hydrogen-bond donors (Lipinski definition) is 1.